The smallest absolute Gasteiger partial charge is 0.194 e. The Morgan fingerprint density at radius 3 is 1.79 bits per heavy atom. The summed E-state index contributed by atoms with van der Waals surface area (Å²) >= 11 is 10.7. The van der Waals surface area contributed by atoms with Crippen LogP contribution in [0.4, 0.5) is 30.7 Å². The van der Waals surface area contributed by atoms with Crippen molar-refractivity contribution < 1.29 is 30.7 Å². The van der Waals surface area contributed by atoms with Crippen LogP contribution in [0, 0.1) is 6.92 Å². The fourth-order valence-corrected chi connectivity index (χ4v) is 1.80. The molecule has 0 unspecified atom stereocenters. The summed E-state index contributed by atoms with van der Waals surface area (Å²) in [6, 6.07) is 1.35. The Labute approximate surface area is 113 Å². The van der Waals surface area contributed by atoms with Gasteiger partial charge in [-0.05, 0) is 24.6 Å². The molecular weight excluding hydrogens is 324 g/mol. The summed E-state index contributed by atoms with van der Waals surface area (Å²) in [5.41, 5.74) is -1.80. The summed E-state index contributed by atoms with van der Waals surface area (Å²) in [6.07, 6.45) is -6.42. The SMILES string of the molecule is Cc1cc(Cl)cc(C(F)(F)C(F)(F)C(F)(F)F)c1Cl. The lowest BCUT2D eigenvalue weighted by atomic mass is 9.99. The Morgan fingerprint density at radius 2 is 1.37 bits per heavy atom. The van der Waals surface area contributed by atoms with Gasteiger partial charge in [0.25, 0.3) is 0 Å². The van der Waals surface area contributed by atoms with E-state index in [1.165, 1.54) is 0 Å². The molecule has 0 heterocycles. The first-order valence-electron chi connectivity index (χ1n) is 4.61. The number of benzene rings is 1. The lowest BCUT2D eigenvalue weighted by molar-refractivity contribution is -0.359. The third-order valence-electron chi connectivity index (χ3n) is 2.31. The van der Waals surface area contributed by atoms with E-state index in [2.05, 4.69) is 0 Å². The van der Waals surface area contributed by atoms with Crippen LogP contribution in [0.3, 0.4) is 0 Å². The number of halogens is 9. The zero-order valence-corrected chi connectivity index (χ0v) is 10.6. The molecule has 108 valence electrons. The van der Waals surface area contributed by atoms with Crippen molar-refractivity contribution in [1.29, 1.82) is 0 Å². The van der Waals surface area contributed by atoms with E-state index in [1.54, 1.807) is 0 Å². The van der Waals surface area contributed by atoms with Gasteiger partial charge < -0.3 is 0 Å². The number of hydrogen-bond acceptors (Lipinski definition) is 0. The molecule has 0 aliphatic carbocycles. The molecule has 0 radical (unpaired) electrons. The first-order chi connectivity index (χ1) is 8.32. The van der Waals surface area contributed by atoms with Gasteiger partial charge in [-0.1, -0.05) is 23.2 Å². The van der Waals surface area contributed by atoms with Crippen LogP contribution >= 0.6 is 23.2 Å². The van der Waals surface area contributed by atoms with E-state index in [0.717, 1.165) is 13.0 Å². The molecule has 0 aliphatic heterocycles. The molecule has 0 aromatic heterocycles. The quantitative estimate of drug-likeness (QED) is 0.621. The van der Waals surface area contributed by atoms with Crippen LogP contribution < -0.4 is 0 Å². The van der Waals surface area contributed by atoms with E-state index < -0.39 is 33.6 Å². The van der Waals surface area contributed by atoms with Gasteiger partial charge in [0.05, 0.1) is 5.02 Å². The van der Waals surface area contributed by atoms with Crippen molar-refractivity contribution in [2.24, 2.45) is 0 Å². The minimum Gasteiger partial charge on any atom is -0.194 e. The van der Waals surface area contributed by atoms with Crippen LogP contribution in [0.1, 0.15) is 11.1 Å². The second kappa shape index (κ2) is 4.70. The number of alkyl halides is 7. The first-order valence-corrected chi connectivity index (χ1v) is 5.36. The molecule has 0 atom stereocenters. The zero-order valence-electron chi connectivity index (χ0n) is 9.06. The molecule has 9 heteroatoms. The Balaban J connectivity index is 3.52. The largest absolute Gasteiger partial charge is 0.460 e. The van der Waals surface area contributed by atoms with Crippen molar-refractivity contribution in [2.75, 3.05) is 0 Å². The van der Waals surface area contributed by atoms with Gasteiger partial charge in [-0.2, -0.15) is 30.7 Å². The van der Waals surface area contributed by atoms with Crippen LogP contribution in [-0.4, -0.2) is 12.1 Å². The molecule has 1 aromatic carbocycles. The predicted octanol–water partition coefficient (Wildman–Crippen LogP) is 5.59. The fourth-order valence-electron chi connectivity index (χ4n) is 1.30. The van der Waals surface area contributed by atoms with Gasteiger partial charge in [-0.3, -0.25) is 0 Å². The van der Waals surface area contributed by atoms with Crippen molar-refractivity contribution in [3.63, 3.8) is 0 Å². The highest BCUT2D eigenvalue weighted by atomic mass is 35.5. The van der Waals surface area contributed by atoms with Crippen molar-refractivity contribution in [3.05, 3.63) is 33.3 Å². The number of aryl methyl sites for hydroxylation is 1. The third kappa shape index (κ3) is 2.63. The van der Waals surface area contributed by atoms with Crippen molar-refractivity contribution in [2.45, 2.75) is 24.9 Å². The molecule has 0 bridgehead atoms. The molecule has 0 amide bonds. The molecule has 0 spiro atoms. The number of rotatable bonds is 2. The summed E-state index contributed by atoms with van der Waals surface area (Å²) in [5, 5.41) is -1.31. The Bertz CT molecular complexity index is 493. The third-order valence-corrected chi connectivity index (χ3v) is 3.03. The van der Waals surface area contributed by atoms with E-state index in [4.69, 9.17) is 23.2 Å². The van der Waals surface area contributed by atoms with E-state index in [9.17, 15) is 30.7 Å². The monoisotopic (exact) mass is 328 g/mol. The summed E-state index contributed by atoms with van der Waals surface area (Å²) in [5.74, 6) is -11.8. The normalized spacial score (nSPS) is 13.8. The van der Waals surface area contributed by atoms with Crippen LogP contribution in [0.25, 0.3) is 0 Å². The average Bonchev–Trinajstić information content (AvgIpc) is 2.21. The van der Waals surface area contributed by atoms with E-state index in [1.807, 2.05) is 0 Å². The van der Waals surface area contributed by atoms with E-state index in [0.29, 0.717) is 0 Å². The van der Waals surface area contributed by atoms with Gasteiger partial charge in [0.2, 0.25) is 0 Å². The predicted molar refractivity (Wildman–Crippen MR) is 56.1 cm³/mol. The molecule has 1 aromatic rings. The maximum Gasteiger partial charge on any atom is 0.460 e. The van der Waals surface area contributed by atoms with E-state index >= 15 is 0 Å². The van der Waals surface area contributed by atoms with Gasteiger partial charge >= 0.3 is 18.0 Å². The van der Waals surface area contributed by atoms with Crippen molar-refractivity contribution in [3.8, 4) is 0 Å². The highest BCUT2D eigenvalue weighted by Crippen LogP contribution is 2.53. The minimum absolute atomic E-state index is 0.137. The van der Waals surface area contributed by atoms with Crippen molar-refractivity contribution >= 4 is 23.2 Å². The lowest BCUT2D eigenvalue weighted by Gasteiger charge is -2.29. The first kappa shape index (κ1) is 16.4. The lowest BCUT2D eigenvalue weighted by Crippen LogP contribution is -2.50. The highest BCUT2D eigenvalue weighted by Gasteiger charge is 2.74. The molecule has 0 N–H and O–H groups in total. The fraction of sp³-hybridized carbons (Fsp3) is 0.400. The molecular formula is C10H5Cl2F7. The second-order valence-electron chi connectivity index (χ2n) is 3.73. The van der Waals surface area contributed by atoms with Crippen molar-refractivity contribution in [1.82, 2.24) is 0 Å². The summed E-state index contributed by atoms with van der Waals surface area (Å²) in [7, 11) is 0. The molecule has 19 heavy (non-hydrogen) atoms. The summed E-state index contributed by atoms with van der Waals surface area (Å²) in [4.78, 5) is 0. The van der Waals surface area contributed by atoms with Gasteiger partial charge in [0.15, 0.2) is 0 Å². The molecule has 0 saturated heterocycles. The molecule has 1 rings (SSSR count). The maximum absolute atomic E-state index is 13.4. The van der Waals surface area contributed by atoms with Gasteiger partial charge in [-0.25, -0.2) is 0 Å². The maximum atomic E-state index is 13.4. The standard InChI is InChI=1S/C10H5Cl2F7/c1-4-2-5(11)3-6(7(4)12)8(13,14)9(15,16)10(17,18)19/h2-3H,1H3. The topological polar surface area (TPSA) is 0 Å². The van der Waals surface area contributed by atoms with E-state index in [-0.39, 0.29) is 11.6 Å². The molecule has 0 nitrogen and oxygen atoms in total. The Morgan fingerprint density at radius 1 is 0.895 bits per heavy atom. The number of hydrogen-bond donors (Lipinski definition) is 0. The minimum atomic E-state index is -6.42. The highest BCUT2D eigenvalue weighted by molar-refractivity contribution is 6.34. The molecule has 0 aliphatic rings. The second-order valence-corrected chi connectivity index (χ2v) is 4.55. The van der Waals surface area contributed by atoms with Gasteiger partial charge in [0.1, 0.15) is 0 Å². The van der Waals surface area contributed by atoms with Crippen LogP contribution in [0.2, 0.25) is 10.0 Å². The Kier molecular flexibility index (Phi) is 4.05. The van der Waals surface area contributed by atoms with Crippen LogP contribution in [0.5, 0.6) is 0 Å². The zero-order chi connectivity index (χ0) is 15.2. The van der Waals surface area contributed by atoms with Crippen LogP contribution in [0.15, 0.2) is 12.1 Å². The van der Waals surface area contributed by atoms with Gasteiger partial charge in [0, 0.05) is 10.6 Å². The summed E-state index contributed by atoms with van der Waals surface area (Å²) < 4.78 is 88.7. The Hall–Kier alpha value is -0.690. The van der Waals surface area contributed by atoms with Gasteiger partial charge in [-0.15, -0.1) is 0 Å². The summed E-state index contributed by atoms with van der Waals surface area (Å²) in [6.45, 7) is 1.15. The molecule has 0 fully saturated rings. The van der Waals surface area contributed by atoms with Crippen LogP contribution in [-0.2, 0) is 5.92 Å². The average molecular weight is 329 g/mol. The molecule has 0 saturated carbocycles.